The lowest BCUT2D eigenvalue weighted by atomic mass is 10.1. The fraction of sp³-hybridized carbons (Fsp3) is 0.500. The minimum absolute atomic E-state index is 0.0156. The first kappa shape index (κ1) is 15.0. The first-order valence-electron chi connectivity index (χ1n) is 6.49. The highest BCUT2D eigenvalue weighted by atomic mass is 32.2. The van der Waals surface area contributed by atoms with E-state index in [2.05, 4.69) is 0 Å². The fourth-order valence-electron chi connectivity index (χ4n) is 2.12. The summed E-state index contributed by atoms with van der Waals surface area (Å²) in [6.07, 6.45) is 3.04. The number of esters is 1. The third-order valence-corrected chi connectivity index (χ3v) is 3.87. The predicted molar refractivity (Wildman–Crippen MR) is 74.2 cm³/mol. The van der Waals surface area contributed by atoms with Crippen LogP contribution in [0.15, 0.2) is 24.3 Å². The van der Waals surface area contributed by atoms with Crippen molar-refractivity contribution in [3.63, 3.8) is 0 Å². The summed E-state index contributed by atoms with van der Waals surface area (Å²) < 4.78 is 33.1. The second kappa shape index (κ2) is 6.37. The average Bonchev–Trinajstić information content (AvgIpc) is 2.87. The number of hydrogen-bond acceptors (Lipinski definition) is 5. The molecule has 6 heteroatoms. The molecule has 1 aromatic rings. The predicted octanol–water partition coefficient (Wildman–Crippen LogP) is 1.57. The lowest BCUT2D eigenvalue weighted by Gasteiger charge is -2.10. The second-order valence-electron chi connectivity index (χ2n) is 5.00. The van der Waals surface area contributed by atoms with E-state index in [-0.39, 0.29) is 18.5 Å². The van der Waals surface area contributed by atoms with Crippen molar-refractivity contribution in [3.8, 4) is 0 Å². The highest BCUT2D eigenvalue weighted by Gasteiger charge is 2.18. The Balaban J connectivity index is 1.96. The summed E-state index contributed by atoms with van der Waals surface area (Å²) in [5.74, 6) is -0.532. The van der Waals surface area contributed by atoms with Crippen molar-refractivity contribution >= 4 is 15.8 Å². The van der Waals surface area contributed by atoms with Crippen LogP contribution in [0.25, 0.3) is 0 Å². The van der Waals surface area contributed by atoms with E-state index in [0.717, 1.165) is 19.1 Å². The summed E-state index contributed by atoms with van der Waals surface area (Å²) in [6.45, 7) is 0.960. The molecule has 1 unspecified atom stereocenters. The third kappa shape index (κ3) is 4.61. The van der Waals surface area contributed by atoms with Crippen LogP contribution in [0.2, 0.25) is 0 Å². The van der Waals surface area contributed by atoms with Crippen LogP contribution < -0.4 is 0 Å². The molecule has 0 bridgehead atoms. The van der Waals surface area contributed by atoms with Crippen molar-refractivity contribution in [2.45, 2.75) is 24.7 Å². The van der Waals surface area contributed by atoms with Gasteiger partial charge in [0.25, 0.3) is 0 Å². The molecule has 1 atom stereocenters. The third-order valence-electron chi connectivity index (χ3n) is 3.02. The van der Waals surface area contributed by atoms with Gasteiger partial charge in [-0.25, -0.2) is 13.2 Å². The molecular formula is C14H18O5S. The van der Waals surface area contributed by atoms with Crippen LogP contribution in [-0.2, 0) is 25.1 Å². The zero-order valence-corrected chi connectivity index (χ0v) is 12.2. The molecule has 0 aliphatic carbocycles. The molecule has 1 fully saturated rings. The Hall–Kier alpha value is -1.40. The quantitative estimate of drug-likeness (QED) is 0.772. The van der Waals surface area contributed by atoms with E-state index in [4.69, 9.17) is 9.47 Å². The number of hydrogen-bond donors (Lipinski definition) is 0. The molecule has 0 spiro atoms. The SMILES string of the molecule is CS(=O)(=O)Cc1cccc(C(=O)OCC2CCCO2)c1. The van der Waals surface area contributed by atoms with Gasteiger partial charge >= 0.3 is 5.97 Å². The summed E-state index contributed by atoms with van der Waals surface area (Å²) in [5.41, 5.74) is 0.947. The summed E-state index contributed by atoms with van der Waals surface area (Å²) in [4.78, 5) is 11.9. The van der Waals surface area contributed by atoms with Crippen molar-refractivity contribution < 1.29 is 22.7 Å². The molecule has 20 heavy (non-hydrogen) atoms. The fourth-order valence-corrected chi connectivity index (χ4v) is 2.90. The van der Waals surface area contributed by atoms with Gasteiger partial charge in [-0.05, 0) is 30.5 Å². The van der Waals surface area contributed by atoms with Crippen molar-refractivity contribution in [1.82, 2.24) is 0 Å². The number of carbonyl (C=O) groups is 1. The minimum atomic E-state index is -3.12. The Labute approximate surface area is 118 Å². The van der Waals surface area contributed by atoms with Crippen LogP contribution in [0.4, 0.5) is 0 Å². The average molecular weight is 298 g/mol. The van der Waals surface area contributed by atoms with Crippen LogP contribution in [0, 0.1) is 0 Å². The second-order valence-corrected chi connectivity index (χ2v) is 7.14. The van der Waals surface area contributed by atoms with E-state index in [1.807, 2.05) is 0 Å². The maximum Gasteiger partial charge on any atom is 0.338 e. The molecular weight excluding hydrogens is 280 g/mol. The zero-order chi connectivity index (χ0) is 14.6. The van der Waals surface area contributed by atoms with Gasteiger partial charge in [0.05, 0.1) is 17.4 Å². The van der Waals surface area contributed by atoms with Gasteiger partial charge in [-0.2, -0.15) is 0 Å². The van der Waals surface area contributed by atoms with E-state index in [0.29, 0.717) is 17.7 Å². The normalized spacial score (nSPS) is 18.9. The van der Waals surface area contributed by atoms with E-state index in [1.165, 1.54) is 0 Å². The van der Waals surface area contributed by atoms with E-state index in [9.17, 15) is 13.2 Å². The Kier molecular flexibility index (Phi) is 4.77. The number of carbonyl (C=O) groups excluding carboxylic acids is 1. The van der Waals surface area contributed by atoms with Crippen molar-refractivity contribution in [2.24, 2.45) is 0 Å². The number of benzene rings is 1. The van der Waals surface area contributed by atoms with Gasteiger partial charge in [-0.15, -0.1) is 0 Å². The van der Waals surface area contributed by atoms with Crippen LogP contribution in [0.3, 0.4) is 0 Å². The molecule has 5 nitrogen and oxygen atoms in total. The lowest BCUT2D eigenvalue weighted by molar-refractivity contribution is 0.0161. The Morgan fingerprint density at radius 3 is 2.90 bits per heavy atom. The molecule has 1 heterocycles. The summed E-state index contributed by atoms with van der Waals surface area (Å²) in [5, 5.41) is 0. The molecule has 0 N–H and O–H groups in total. The number of sulfone groups is 1. The van der Waals surface area contributed by atoms with E-state index >= 15 is 0 Å². The summed E-state index contributed by atoms with van der Waals surface area (Å²) >= 11 is 0. The van der Waals surface area contributed by atoms with Gasteiger partial charge in [-0.3, -0.25) is 0 Å². The topological polar surface area (TPSA) is 69.7 Å². The molecule has 1 aromatic carbocycles. The largest absolute Gasteiger partial charge is 0.459 e. The van der Waals surface area contributed by atoms with Crippen molar-refractivity contribution in [3.05, 3.63) is 35.4 Å². The van der Waals surface area contributed by atoms with Crippen molar-refractivity contribution in [1.29, 1.82) is 0 Å². The Morgan fingerprint density at radius 1 is 1.45 bits per heavy atom. The molecule has 0 saturated carbocycles. The van der Waals surface area contributed by atoms with Gasteiger partial charge < -0.3 is 9.47 Å². The van der Waals surface area contributed by atoms with Gasteiger partial charge in [0.2, 0.25) is 0 Å². The first-order valence-corrected chi connectivity index (χ1v) is 8.55. The molecule has 2 rings (SSSR count). The highest BCUT2D eigenvalue weighted by Crippen LogP contribution is 2.14. The lowest BCUT2D eigenvalue weighted by Crippen LogP contribution is -2.18. The number of ether oxygens (including phenoxy) is 2. The van der Waals surface area contributed by atoms with Gasteiger partial charge in [-0.1, -0.05) is 12.1 Å². The maximum atomic E-state index is 11.9. The van der Waals surface area contributed by atoms with Crippen LogP contribution in [0.1, 0.15) is 28.8 Å². The standard InChI is InChI=1S/C14H18O5S/c1-20(16,17)10-11-4-2-5-12(8-11)14(15)19-9-13-6-3-7-18-13/h2,4-5,8,13H,3,6-7,9-10H2,1H3. The highest BCUT2D eigenvalue weighted by molar-refractivity contribution is 7.89. The Morgan fingerprint density at radius 2 is 2.25 bits per heavy atom. The zero-order valence-electron chi connectivity index (χ0n) is 11.4. The summed E-state index contributed by atoms with van der Waals surface area (Å²) in [6, 6.07) is 6.50. The van der Waals surface area contributed by atoms with Crippen LogP contribution in [-0.4, -0.2) is 40.0 Å². The van der Waals surface area contributed by atoms with E-state index in [1.54, 1.807) is 24.3 Å². The monoisotopic (exact) mass is 298 g/mol. The molecule has 1 aliphatic heterocycles. The van der Waals surface area contributed by atoms with E-state index < -0.39 is 15.8 Å². The molecule has 1 saturated heterocycles. The van der Waals surface area contributed by atoms with Gasteiger partial charge in [0, 0.05) is 12.9 Å². The molecule has 1 aliphatic rings. The molecule has 0 amide bonds. The maximum absolute atomic E-state index is 11.9. The van der Waals surface area contributed by atoms with Crippen LogP contribution >= 0.6 is 0 Å². The van der Waals surface area contributed by atoms with Crippen molar-refractivity contribution in [2.75, 3.05) is 19.5 Å². The van der Waals surface area contributed by atoms with Gasteiger partial charge in [0.1, 0.15) is 6.61 Å². The van der Waals surface area contributed by atoms with Gasteiger partial charge in [0.15, 0.2) is 9.84 Å². The molecule has 0 aromatic heterocycles. The Bertz CT molecular complexity index is 573. The minimum Gasteiger partial charge on any atom is -0.459 e. The molecule has 0 radical (unpaired) electrons. The number of rotatable bonds is 5. The first-order chi connectivity index (χ1) is 9.44. The smallest absolute Gasteiger partial charge is 0.338 e. The summed E-state index contributed by atoms with van der Waals surface area (Å²) in [7, 11) is -3.12. The molecule has 110 valence electrons. The van der Waals surface area contributed by atoms with Crippen LogP contribution in [0.5, 0.6) is 0 Å².